The number of carboxylic acids is 1. The first-order valence-corrected chi connectivity index (χ1v) is 11.9. The van der Waals surface area contributed by atoms with E-state index in [0.717, 1.165) is 22.9 Å². The first kappa shape index (κ1) is 27.1. The molecule has 1 saturated heterocycles. The van der Waals surface area contributed by atoms with Crippen molar-refractivity contribution in [1.82, 2.24) is 9.47 Å². The van der Waals surface area contributed by atoms with E-state index >= 15 is 0 Å². The molecular formula is C25H21Cl2FN4O6. The van der Waals surface area contributed by atoms with E-state index < -0.39 is 40.9 Å². The summed E-state index contributed by atoms with van der Waals surface area (Å²) in [6.07, 6.45) is 0.916. The molecule has 13 heteroatoms. The molecule has 10 nitrogen and oxygen atoms in total. The van der Waals surface area contributed by atoms with Gasteiger partial charge in [-0.25, -0.2) is 14.0 Å². The van der Waals surface area contributed by atoms with Gasteiger partial charge in [-0.2, -0.15) is 0 Å². The Kier molecular flexibility index (Phi) is 8.00. The Morgan fingerprint density at radius 3 is 2.34 bits per heavy atom. The number of pyridine rings is 1. The van der Waals surface area contributed by atoms with Gasteiger partial charge < -0.3 is 25.4 Å². The van der Waals surface area contributed by atoms with Crippen LogP contribution in [0.2, 0.25) is 10.0 Å². The van der Waals surface area contributed by atoms with E-state index in [0.29, 0.717) is 10.7 Å². The largest absolute Gasteiger partial charge is 0.477 e. The molecule has 0 spiro atoms. The fraction of sp³-hybridized carbons (Fsp3) is 0.200. The van der Waals surface area contributed by atoms with Gasteiger partial charge in [-0.15, -0.1) is 0 Å². The van der Waals surface area contributed by atoms with Crippen LogP contribution in [0, 0.1) is 5.82 Å². The summed E-state index contributed by atoms with van der Waals surface area (Å²) in [5.74, 6) is -3.00. The van der Waals surface area contributed by atoms with Gasteiger partial charge in [0.15, 0.2) is 0 Å². The lowest BCUT2D eigenvalue weighted by Crippen LogP contribution is -2.45. The molecule has 2 unspecified atom stereocenters. The Balaban J connectivity index is 1.53. The summed E-state index contributed by atoms with van der Waals surface area (Å²) in [7, 11) is 1.47. The minimum Gasteiger partial charge on any atom is -0.477 e. The molecule has 0 bridgehead atoms. The molecule has 198 valence electrons. The number of nitrogens with zero attached hydrogens (tertiary/aromatic N) is 2. The number of hydrogen-bond acceptors (Lipinski definition) is 5. The van der Waals surface area contributed by atoms with Crippen molar-refractivity contribution in [1.29, 1.82) is 0 Å². The molecule has 1 aliphatic rings. The number of nitrogens with one attached hydrogen (secondary N) is 2. The average Bonchev–Trinajstić information content (AvgIpc) is 3.32. The van der Waals surface area contributed by atoms with E-state index in [1.165, 1.54) is 24.1 Å². The van der Waals surface area contributed by atoms with E-state index in [1.807, 2.05) is 0 Å². The smallest absolute Gasteiger partial charge is 0.341 e. The molecule has 1 aromatic heterocycles. The van der Waals surface area contributed by atoms with E-state index in [9.17, 15) is 28.7 Å². The molecule has 3 aromatic rings. The Bertz CT molecular complexity index is 1460. The Morgan fingerprint density at radius 1 is 1.03 bits per heavy atom. The third-order valence-corrected chi connectivity index (χ3v) is 6.40. The molecule has 1 aliphatic heterocycles. The summed E-state index contributed by atoms with van der Waals surface area (Å²) in [6, 6.07) is 9.51. The first-order chi connectivity index (χ1) is 18.1. The van der Waals surface area contributed by atoms with Crippen molar-refractivity contribution in [3.8, 4) is 5.69 Å². The second-order valence-electron chi connectivity index (χ2n) is 8.41. The third-order valence-electron chi connectivity index (χ3n) is 5.94. The van der Waals surface area contributed by atoms with Crippen molar-refractivity contribution in [3.63, 3.8) is 0 Å². The molecule has 0 radical (unpaired) electrons. The summed E-state index contributed by atoms with van der Waals surface area (Å²) in [5.41, 5.74) is -1.32. The maximum Gasteiger partial charge on any atom is 0.341 e. The standard InChI is InChI=1S/C25H21Cl2FN4O6/c1-38-17-10-21(32(12-17)25(37)30-15-4-2-13(26)3-5-15)22(33)29-16-6-7-20(19(28)9-16)31-11-14(27)8-18(23(31)34)24(35)36/h2-9,11,17,21H,10,12H2,1H3,(H,29,33)(H,30,37)(H,35,36). The SMILES string of the molecule is COC1CC(C(=O)Nc2ccc(-n3cc(Cl)cc(C(=O)O)c3=O)c(F)c2)N(C(=O)Nc2ccc(Cl)cc2)C1. The highest BCUT2D eigenvalue weighted by atomic mass is 35.5. The van der Waals surface area contributed by atoms with Crippen molar-refractivity contribution >= 4 is 52.5 Å². The molecule has 38 heavy (non-hydrogen) atoms. The topological polar surface area (TPSA) is 130 Å². The number of aromatic carboxylic acids is 1. The number of halogens is 3. The molecule has 3 N–H and O–H groups in total. The summed E-state index contributed by atoms with van der Waals surface area (Å²) in [4.78, 5) is 51.2. The second kappa shape index (κ2) is 11.2. The van der Waals surface area contributed by atoms with Crippen LogP contribution in [0.1, 0.15) is 16.8 Å². The van der Waals surface area contributed by atoms with Crippen molar-refractivity contribution < 1.29 is 28.6 Å². The van der Waals surface area contributed by atoms with Crippen LogP contribution in [0.3, 0.4) is 0 Å². The molecule has 2 atom stereocenters. The zero-order valence-corrected chi connectivity index (χ0v) is 21.3. The number of carbonyl (C=O) groups is 3. The third kappa shape index (κ3) is 5.80. The molecule has 2 heterocycles. The molecule has 3 amide bonds. The number of aromatic nitrogens is 1. The van der Waals surface area contributed by atoms with Gasteiger partial charge in [0.1, 0.15) is 17.4 Å². The van der Waals surface area contributed by atoms with Gasteiger partial charge in [0.05, 0.1) is 16.8 Å². The highest BCUT2D eigenvalue weighted by molar-refractivity contribution is 6.31. The normalized spacial score (nSPS) is 16.8. The van der Waals surface area contributed by atoms with Crippen molar-refractivity contribution in [3.05, 3.63) is 86.5 Å². The number of anilines is 2. The predicted molar refractivity (Wildman–Crippen MR) is 139 cm³/mol. The number of urea groups is 1. The highest BCUT2D eigenvalue weighted by Gasteiger charge is 2.40. The van der Waals surface area contributed by atoms with Crippen LogP contribution < -0.4 is 16.2 Å². The highest BCUT2D eigenvalue weighted by Crippen LogP contribution is 2.25. The van der Waals surface area contributed by atoms with Gasteiger partial charge in [0, 0.05) is 42.7 Å². The fourth-order valence-electron chi connectivity index (χ4n) is 4.06. The molecule has 4 rings (SSSR count). The minimum atomic E-state index is -1.51. The van der Waals surface area contributed by atoms with E-state index in [-0.39, 0.29) is 35.5 Å². The lowest BCUT2D eigenvalue weighted by molar-refractivity contribution is -0.119. The second-order valence-corrected chi connectivity index (χ2v) is 9.28. The minimum absolute atomic E-state index is 0.0590. The molecule has 0 aliphatic carbocycles. The maximum atomic E-state index is 15.0. The quantitative estimate of drug-likeness (QED) is 0.412. The lowest BCUT2D eigenvalue weighted by Gasteiger charge is -2.24. The molecule has 2 aromatic carbocycles. The number of methoxy groups -OCH3 is 1. The van der Waals surface area contributed by atoms with Crippen LogP contribution in [0.5, 0.6) is 0 Å². The van der Waals surface area contributed by atoms with Crippen molar-refractivity contribution in [2.45, 2.75) is 18.6 Å². The maximum absolute atomic E-state index is 15.0. The summed E-state index contributed by atoms with van der Waals surface area (Å²) >= 11 is 11.8. The fourth-order valence-corrected chi connectivity index (χ4v) is 4.39. The van der Waals surface area contributed by atoms with Crippen LogP contribution in [-0.4, -0.2) is 58.3 Å². The van der Waals surface area contributed by atoms with Gasteiger partial charge in [-0.05, 0) is 48.5 Å². The number of carboxylic acid groups (broad SMARTS) is 1. The predicted octanol–water partition coefficient (Wildman–Crippen LogP) is 4.24. The zero-order chi connectivity index (χ0) is 27.6. The average molecular weight is 563 g/mol. The van der Waals surface area contributed by atoms with Crippen LogP contribution >= 0.6 is 23.2 Å². The number of rotatable bonds is 6. The summed E-state index contributed by atoms with van der Waals surface area (Å²) in [5, 5.41) is 14.9. The summed E-state index contributed by atoms with van der Waals surface area (Å²) < 4.78 is 21.1. The number of benzene rings is 2. The number of hydrogen-bond donors (Lipinski definition) is 3. The molecule has 1 fully saturated rings. The van der Waals surface area contributed by atoms with Gasteiger partial charge >= 0.3 is 12.0 Å². The van der Waals surface area contributed by atoms with Crippen LogP contribution in [0.25, 0.3) is 5.69 Å². The number of amides is 3. The monoisotopic (exact) mass is 562 g/mol. The Hall–Kier alpha value is -3.93. The van der Waals surface area contributed by atoms with Gasteiger partial charge in [0.2, 0.25) is 5.91 Å². The van der Waals surface area contributed by atoms with E-state index in [2.05, 4.69) is 10.6 Å². The van der Waals surface area contributed by atoms with Gasteiger partial charge in [0.25, 0.3) is 5.56 Å². The van der Waals surface area contributed by atoms with Crippen molar-refractivity contribution in [2.75, 3.05) is 24.3 Å². The first-order valence-electron chi connectivity index (χ1n) is 11.2. The summed E-state index contributed by atoms with van der Waals surface area (Å²) in [6.45, 7) is 0.158. The van der Waals surface area contributed by atoms with Gasteiger partial charge in [-0.3, -0.25) is 14.2 Å². The van der Waals surface area contributed by atoms with Gasteiger partial charge in [-0.1, -0.05) is 23.2 Å². The Labute approximate surface area is 225 Å². The number of ether oxygens (including phenoxy) is 1. The molecular weight excluding hydrogens is 542 g/mol. The lowest BCUT2D eigenvalue weighted by atomic mass is 10.1. The van der Waals surface area contributed by atoms with Crippen LogP contribution in [0.15, 0.2) is 59.5 Å². The van der Waals surface area contributed by atoms with Crippen molar-refractivity contribution in [2.24, 2.45) is 0 Å². The number of likely N-dealkylation sites (tertiary alicyclic amines) is 1. The van der Waals surface area contributed by atoms with E-state index in [4.69, 9.17) is 27.9 Å². The zero-order valence-electron chi connectivity index (χ0n) is 19.8. The van der Waals surface area contributed by atoms with E-state index in [1.54, 1.807) is 24.3 Å². The molecule has 0 saturated carbocycles. The van der Waals surface area contributed by atoms with Crippen LogP contribution in [0.4, 0.5) is 20.6 Å². The van der Waals surface area contributed by atoms with Crippen LogP contribution in [-0.2, 0) is 9.53 Å². The Morgan fingerprint density at radius 2 is 1.71 bits per heavy atom. The number of carbonyl (C=O) groups excluding carboxylic acids is 2.